The molecule has 4 heterocycles. The number of hydrogen-bond acceptors (Lipinski definition) is 6. The predicted molar refractivity (Wildman–Crippen MR) is 135 cm³/mol. The molecule has 10 heteroatoms. The van der Waals surface area contributed by atoms with E-state index in [1.54, 1.807) is 19.5 Å². The molecule has 0 atom stereocenters. The number of hydrogen-bond donors (Lipinski definition) is 1. The van der Waals surface area contributed by atoms with E-state index >= 15 is 0 Å². The summed E-state index contributed by atoms with van der Waals surface area (Å²) in [6, 6.07) is 9.40. The summed E-state index contributed by atoms with van der Waals surface area (Å²) in [7, 11) is 1.56. The average molecular weight is 490 g/mol. The zero-order valence-electron chi connectivity index (χ0n) is 20.9. The fraction of sp³-hybridized carbons (Fsp3) is 0.423. The van der Waals surface area contributed by atoms with Crippen LogP contribution in [0.5, 0.6) is 5.75 Å². The van der Waals surface area contributed by atoms with Crippen molar-refractivity contribution in [1.29, 1.82) is 0 Å². The third-order valence-electron chi connectivity index (χ3n) is 6.77. The van der Waals surface area contributed by atoms with Gasteiger partial charge in [0.15, 0.2) is 5.82 Å². The minimum Gasteiger partial charge on any atom is -0.496 e. The Morgan fingerprint density at radius 1 is 1.06 bits per heavy atom. The maximum absolute atomic E-state index is 13.3. The van der Waals surface area contributed by atoms with E-state index in [-0.39, 0.29) is 18.0 Å². The minimum absolute atomic E-state index is 0.0789. The third-order valence-corrected chi connectivity index (χ3v) is 6.77. The normalized spacial score (nSPS) is 15.2. The largest absolute Gasteiger partial charge is 0.496 e. The molecule has 0 aliphatic carbocycles. The topological polar surface area (TPSA) is 105 Å². The number of benzene rings is 1. The van der Waals surface area contributed by atoms with Gasteiger partial charge in [-0.05, 0) is 68.5 Å². The molecule has 1 N–H and O–H groups in total. The van der Waals surface area contributed by atoms with Crippen LogP contribution in [0.2, 0.25) is 0 Å². The smallest absolute Gasteiger partial charge is 0.320 e. The number of nitrogens with one attached hydrogen (secondary N) is 1. The van der Waals surface area contributed by atoms with E-state index in [1.165, 1.54) is 0 Å². The fourth-order valence-electron chi connectivity index (χ4n) is 4.82. The van der Waals surface area contributed by atoms with E-state index in [2.05, 4.69) is 20.5 Å². The van der Waals surface area contributed by atoms with Crippen molar-refractivity contribution in [3.63, 3.8) is 0 Å². The van der Waals surface area contributed by atoms with Crippen LogP contribution in [0.25, 0.3) is 11.5 Å². The van der Waals surface area contributed by atoms with Crippen LogP contribution in [0.15, 0.2) is 36.7 Å². The van der Waals surface area contributed by atoms with Crippen molar-refractivity contribution in [2.45, 2.75) is 45.7 Å². The lowest BCUT2D eigenvalue weighted by molar-refractivity contribution is 0.102. The summed E-state index contributed by atoms with van der Waals surface area (Å²) >= 11 is 0. The first-order chi connectivity index (χ1) is 17.4. The summed E-state index contributed by atoms with van der Waals surface area (Å²) in [5, 5.41) is 11.1. The Morgan fingerprint density at radius 2 is 1.86 bits per heavy atom. The van der Waals surface area contributed by atoms with Crippen molar-refractivity contribution in [2.75, 3.05) is 32.1 Å². The molecule has 0 spiro atoms. The first-order valence-electron chi connectivity index (χ1n) is 12.4. The van der Waals surface area contributed by atoms with Gasteiger partial charge in [-0.25, -0.2) is 9.78 Å². The van der Waals surface area contributed by atoms with E-state index in [9.17, 15) is 9.59 Å². The highest BCUT2D eigenvalue weighted by molar-refractivity contribution is 6.06. The second kappa shape index (κ2) is 9.96. The van der Waals surface area contributed by atoms with Crippen LogP contribution in [-0.2, 0) is 13.0 Å². The lowest BCUT2D eigenvalue weighted by Crippen LogP contribution is -2.44. The van der Waals surface area contributed by atoms with Crippen LogP contribution in [0.1, 0.15) is 54.2 Å². The molecule has 0 saturated carbocycles. The molecule has 0 radical (unpaired) electrons. The van der Waals surface area contributed by atoms with Crippen LogP contribution in [-0.4, -0.2) is 68.2 Å². The van der Waals surface area contributed by atoms with Crippen LogP contribution in [0.4, 0.5) is 10.6 Å². The van der Waals surface area contributed by atoms with Gasteiger partial charge in [0.25, 0.3) is 5.91 Å². The molecule has 2 aliphatic rings. The average Bonchev–Trinajstić information content (AvgIpc) is 3.60. The van der Waals surface area contributed by atoms with E-state index < -0.39 is 0 Å². The summed E-state index contributed by atoms with van der Waals surface area (Å²) < 4.78 is 7.49. The quantitative estimate of drug-likeness (QED) is 0.585. The number of amides is 3. The SMILES string of the molecule is COc1cc2c(cc1C(=O)Nc1cccc(-c3nncn3C(C)C)n1)CN(C(=O)N1CCCC1)CC2. The molecular weight excluding hydrogens is 458 g/mol. The Kier molecular flexibility index (Phi) is 6.58. The number of urea groups is 1. The molecule has 0 unspecified atom stereocenters. The van der Waals surface area contributed by atoms with Gasteiger partial charge in [0, 0.05) is 32.2 Å². The van der Waals surface area contributed by atoms with Gasteiger partial charge in [-0.1, -0.05) is 6.07 Å². The number of carbonyl (C=O) groups is 2. The summed E-state index contributed by atoms with van der Waals surface area (Å²) in [6.07, 6.45) is 4.52. The number of methoxy groups -OCH3 is 1. The summed E-state index contributed by atoms with van der Waals surface area (Å²) in [6.45, 7) is 6.86. The number of anilines is 1. The zero-order valence-corrected chi connectivity index (χ0v) is 20.9. The van der Waals surface area contributed by atoms with Crippen molar-refractivity contribution in [1.82, 2.24) is 29.5 Å². The molecule has 1 aromatic carbocycles. The van der Waals surface area contributed by atoms with Gasteiger partial charge in [-0.15, -0.1) is 10.2 Å². The molecule has 188 valence electrons. The maximum atomic E-state index is 13.3. The van der Waals surface area contributed by atoms with Crippen LogP contribution in [0, 0.1) is 0 Å². The number of ether oxygens (including phenoxy) is 1. The van der Waals surface area contributed by atoms with Crippen molar-refractivity contribution in [2.24, 2.45) is 0 Å². The van der Waals surface area contributed by atoms with E-state index in [0.29, 0.717) is 41.7 Å². The van der Waals surface area contributed by atoms with Crippen molar-refractivity contribution in [3.8, 4) is 17.3 Å². The number of pyridine rings is 1. The second-order valence-corrected chi connectivity index (χ2v) is 9.49. The van der Waals surface area contributed by atoms with Crippen LogP contribution >= 0.6 is 0 Å². The highest BCUT2D eigenvalue weighted by atomic mass is 16.5. The molecule has 3 amide bonds. The van der Waals surface area contributed by atoms with Gasteiger partial charge in [-0.2, -0.15) is 0 Å². The van der Waals surface area contributed by atoms with Crippen molar-refractivity contribution in [3.05, 3.63) is 53.3 Å². The van der Waals surface area contributed by atoms with Crippen molar-refractivity contribution < 1.29 is 14.3 Å². The molecule has 5 rings (SSSR count). The first kappa shape index (κ1) is 23.8. The van der Waals surface area contributed by atoms with E-state index in [1.807, 2.05) is 52.5 Å². The lowest BCUT2D eigenvalue weighted by Gasteiger charge is -2.32. The second-order valence-electron chi connectivity index (χ2n) is 9.49. The number of aromatic nitrogens is 4. The minimum atomic E-state index is -0.326. The molecular formula is C26H31N7O3. The molecule has 36 heavy (non-hydrogen) atoms. The molecule has 1 fully saturated rings. The van der Waals surface area contributed by atoms with Crippen molar-refractivity contribution >= 4 is 17.8 Å². The monoisotopic (exact) mass is 489 g/mol. The fourth-order valence-corrected chi connectivity index (χ4v) is 4.82. The van der Waals surface area contributed by atoms with Gasteiger partial charge in [-0.3, -0.25) is 4.79 Å². The molecule has 2 aliphatic heterocycles. The van der Waals surface area contributed by atoms with Gasteiger partial charge >= 0.3 is 6.03 Å². The third kappa shape index (κ3) is 4.62. The Morgan fingerprint density at radius 3 is 2.61 bits per heavy atom. The summed E-state index contributed by atoms with van der Waals surface area (Å²) in [5.41, 5.74) is 3.09. The van der Waals surface area contributed by atoms with Crippen LogP contribution < -0.4 is 10.1 Å². The van der Waals surface area contributed by atoms with E-state index in [0.717, 1.165) is 43.5 Å². The number of nitrogens with zero attached hydrogens (tertiary/aromatic N) is 6. The number of rotatable bonds is 5. The Bertz CT molecular complexity index is 1280. The predicted octanol–water partition coefficient (Wildman–Crippen LogP) is 3.76. The van der Waals surface area contributed by atoms with Gasteiger partial charge < -0.3 is 24.4 Å². The summed E-state index contributed by atoms with van der Waals surface area (Å²) in [4.78, 5) is 34.6. The Labute approximate surface area is 210 Å². The standard InChI is InChI=1S/C26H31N7O3/c1-17(2)33-16-27-30-24(33)21-7-6-8-23(28-21)29-25(34)20-13-19-15-32(26(35)31-10-4-5-11-31)12-9-18(19)14-22(20)36-3/h6-8,13-14,16-17H,4-5,9-12,15H2,1-3H3,(H,28,29,34). The number of likely N-dealkylation sites (tertiary alicyclic amines) is 1. The Hall–Kier alpha value is -3.95. The molecule has 1 saturated heterocycles. The van der Waals surface area contributed by atoms with Crippen LogP contribution in [0.3, 0.4) is 0 Å². The maximum Gasteiger partial charge on any atom is 0.320 e. The number of carbonyl (C=O) groups excluding carboxylic acids is 2. The van der Waals surface area contributed by atoms with Gasteiger partial charge in [0.05, 0.1) is 12.7 Å². The van der Waals surface area contributed by atoms with E-state index in [4.69, 9.17) is 4.74 Å². The molecule has 3 aromatic rings. The van der Waals surface area contributed by atoms with Gasteiger partial charge in [0.1, 0.15) is 23.6 Å². The van der Waals surface area contributed by atoms with Gasteiger partial charge in [0.2, 0.25) is 0 Å². The first-order valence-corrected chi connectivity index (χ1v) is 12.4. The molecule has 2 aromatic heterocycles. The molecule has 0 bridgehead atoms. The Balaban J connectivity index is 1.37. The highest BCUT2D eigenvalue weighted by Gasteiger charge is 2.28. The zero-order chi connectivity index (χ0) is 25.2. The highest BCUT2D eigenvalue weighted by Crippen LogP contribution is 2.30. The summed E-state index contributed by atoms with van der Waals surface area (Å²) in [5.74, 6) is 1.21. The molecule has 10 nitrogen and oxygen atoms in total. The lowest BCUT2D eigenvalue weighted by atomic mass is 9.96. The number of fused-ring (bicyclic) bond motifs is 1.